The standard InChI is InChI=1S/C17H21FN2/c1-13(19-2)15-9-10-17(16(18)11-15)20(3)12-14-7-5-4-6-8-14/h4-11,13,19H,12H2,1-3H3. The van der Waals surface area contributed by atoms with Crippen molar-refractivity contribution < 1.29 is 4.39 Å². The normalized spacial score (nSPS) is 12.2. The van der Waals surface area contributed by atoms with E-state index in [0.29, 0.717) is 12.2 Å². The lowest BCUT2D eigenvalue weighted by atomic mass is 10.1. The van der Waals surface area contributed by atoms with Gasteiger partial charge in [-0.1, -0.05) is 36.4 Å². The number of rotatable bonds is 5. The number of anilines is 1. The van der Waals surface area contributed by atoms with E-state index in [4.69, 9.17) is 0 Å². The molecule has 0 bridgehead atoms. The lowest BCUT2D eigenvalue weighted by Gasteiger charge is -2.21. The molecule has 0 aliphatic carbocycles. The minimum absolute atomic E-state index is 0.151. The zero-order chi connectivity index (χ0) is 14.5. The monoisotopic (exact) mass is 272 g/mol. The van der Waals surface area contributed by atoms with Crippen molar-refractivity contribution in [3.63, 3.8) is 0 Å². The molecule has 0 saturated carbocycles. The van der Waals surface area contributed by atoms with E-state index in [1.165, 1.54) is 5.56 Å². The van der Waals surface area contributed by atoms with Crippen molar-refractivity contribution >= 4 is 5.69 Å². The van der Waals surface area contributed by atoms with E-state index in [9.17, 15) is 4.39 Å². The molecule has 20 heavy (non-hydrogen) atoms. The molecule has 1 unspecified atom stereocenters. The summed E-state index contributed by atoms with van der Waals surface area (Å²) in [5.74, 6) is -0.178. The zero-order valence-corrected chi connectivity index (χ0v) is 12.2. The topological polar surface area (TPSA) is 15.3 Å². The summed E-state index contributed by atoms with van der Waals surface area (Å²) in [5.41, 5.74) is 2.75. The first kappa shape index (κ1) is 14.5. The van der Waals surface area contributed by atoms with Crippen LogP contribution in [-0.2, 0) is 6.54 Å². The van der Waals surface area contributed by atoms with Crippen LogP contribution in [0, 0.1) is 5.82 Å². The molecule has 0 heterocycles. The summed E-state index contributed by atoms with van der Waals surface area (Å²) in [4.78, 5) is 1.93. The number of benzene rings is 2. The Morgan fingerprint density at radius 1 is 1.15 bits per heavy atom. The Balaban J connectivity index is 2.16. The van der Waals surface area contributed by atoms with E-state index in [-0.39, 0.29) is 11.9 Å². The highest BCUT2D eigenvalue weighted by atomic mass is 19.1. The van der Waals surface area contributed by atoms with Gasteiger partial charge in [0.05, 0.1) is 5.69 Å². The fraction of sp³-hybridized carbons (Fsp3) is 0.294. The van der Waals surface area contributed by atoms with Crippen LogP contribution in [0.5, 0.6) is 0 Å². The Morgan fingerprint density at radius 3 is 2.45 bits per heavy atom. The summed E-state index contributed by atoms with van der Waals surface area (Å²) >= 11 is 0. The van der Waals surface area contributed by atoms with E-state index >= 15 is 0 Å². The fourth-order valence-corrected chi connectivity index (χ4v) is 2.21. The van der Waals surface area contributed by atoms with Crippen LogP contribution in [0.3, 0.4) is 0 Å². The lowest BCUT2D eigenvalue weighted by molar-refractivity contribution is 0.605. The Hall–Kier alpha value is -1.87. The van der Waals surface area contributed by atoms with Crippen molar-refractivity contribution in [3.05, 3.63) is 65.5 Å². The number of nitrogens with one attached hydrogen (secondary N) is 1. The van der Waals surface area contributed by atoms with E-state index < -0.39 is 0 Å². The zero-order valence-electron chi connectivity index (χ0n) is 12.2. The second kappa shape index (κ2) is 6.53. The highest BCUT2D eigenvalue weighted by molar-refractivity contribution is 5.49. The van der Waals surface area contributed by atoms with Crippen molar-refractivity contribution in [1.29, 1.82) is 0 Å². The minimum Gasteiger partial charge on any atom is -0.368 e. The van der Waals surface area contributed by atoms with Crippen LogP contribution in [0.25, 0.3) is 0 Å². The van der Waals surface area contributed by atoms with E-state index in [1.807, 2.05) is 68.4 Å². The van der Waals surface area contributed by atoms with Gasteiger partial charge in [-0.15, -0.1) is 0 Å². The van der Waals surface area contributed by atoms with Crippen LogP contribution in [-0.4, -0.2) is 14.1 Å². The van der Waals surface area contributed by atoms with Gasteiger partial charge in [0.2, 0.25) is 0 Å². The Kier molecular flexibility index (Phi) is 4.74. The van der Waals surface area contributed by atoms with Crippen molar-refractivity contribution in [2.75, 3.05) is 19.0 Å². The third-order valence-electron chi connectivity index (χ3n) is 3.58. The van der Waals surface area contributed by atoms with Gasteiger partial charge in [0.1, 0.15) is 5.82 Å². The molecule has 1 atom stereocenters. The summed E-state index contributed by atoms with van der Waals surface area (Å²) in [6.07, 6.45) is 0. The van der Waals surface area contributed by atoms with E-state index in [2.05, 4.69) is 5.32 Å². The molecule has 0 spiro atoms. The van der Waals surface area contributed by atoms with Gasteiger partial charge in [-0.05, 0) is 37.2 Å². The van der Waals surface area contributed by atoms with Crippen LogP contribution in [0.1, 0.15) is 24.1 Å². The van der Waals surface area contributed by atoms with Crippen LogP contribution in [0.4, 0.5) is 10.1 Å². The van der Waals surface area contributed by atoms with Crippen LogP contribution < -0.4 is 10.2 Å². The van der Waals surface area contributed by atoms with Crippen LogP contribution in [0.2, 0.25) is 0 Å². The number of hydrogen-bond donors (Lipinski definition) is 1. The highest BCUT2D eigenvalue weighted by Gasteiger charge is 2.11. The summed E-state index contributed by atoms with van der Waals surface area (Å²) in [7, 11) is 3.78. The fourth-order valence-electron chi connectivity index (χ4n) is 2.21. The molecular formula is C17H21FN2. The third-order valence-corrected chi connectivity index (χ3v) is 3.58. The van der Waals surface area contributed by atoms with Crippen molar-refractivity contribution in [2.45, 2.75) is 19.5 Å². The van der Waals surface area contributed by atoms with E-state index in [1.54, 1.807) is 6.07 Å². The molecule has 2 aromatic rings. The molecule has 0 aliphatic rings. The van der Waals surface area contributed by atoms with Gasteiger partial charge in [0, 0.05) is 19.6 Å². The number of hydrogen-bond acceptors (Lipinski definition) is 2. The van der Waals surface area contributed by atoms with Gasteiger partial charge in [0.25, 0.3) is 0 Å². The smallest absolute Gasteiger partial charge is 0.146 e. The summed E-state index contributed by atoms with van der Waals surface area (Å²) in [6.45, 7) is 2.71. The highest BCUT2D eigenvalue weighted by Crippen LogP contribution is 2.23. The Labute approximate surface area is 120 Å². The first-order valence-electron chi connectivity index (χ1n) is 6.83. The largest absolute Gasteiger partial charge is 0.368 e. The van der Waals surface area contributed by atoms with Gasteiger partial charge >= 0.3 is 0 Å². The first-order valence-corrected chi connectivity index (χ1v) is 6.83. The molecule has 2 nitrogen and oxygen atoms in total. The summed E-state index contributed by atoms with van der Waals surface area (Å²) in [6, 6.07) is 15.7. The first-order chi connectivity index (χ1) is 9.61. The Bertz CT molecular complexity index is 554. The SMILES string of the molecule is CNC(C)c1ccc(N(C)Cc2ccccc2)c(F)c1. The van der Waals surface area contributed by atoms with Gasteiger partial charge < -0.3 is 10.2 Å². The maximum absolute atomic E-state index is 14.2. The molecule has 0 amide bonds. The molecule has 0 aromatic heterocycles. The van der Waals surface area contributed by atoms with Crippen molar-refractivity contribution in [2.24, 2.45) is 0 Å². The molecular weight excluding hydrogens is 251 g/mol. The van der Waals surface area contributed by atoms with Crippen LogP contribution in [0.15, 0.2) is 48.5 Å². The molecule has 0 saturated heterocycles. The molecule has 3 heteroatoms. The predicted molar refractivity (Wildman–Crippen MR) is 82.4 cm³/mol. The lowest BCUT2D eigenvalue weighted by Crippen LogP contribution is -2.18. The second-order valence-corrected chi connectivity index (χ2v) is 5.06. The maximum atomic E-state index is 14.2. The minimum atomic E-state index is -0.178. The summed E-state index contributed by atoms with van der Waals surface area (Å²) in [5, 5.41) is 3.12. The van der Waals surface area contributed by atoms with Crippen LogP contribution >= 0.6 is 0 Å². The summed E-state index contributed by atoms with van der Waals surface area (Å²) < 4.78 is 14.2. The molecule has 1 N–H and O–H groups in total. The van der Waals surface area contributed by atoms with Crippen molar-refractivity contribution in [1.82, 2.24) is 5.32 Å². The third kappa shape index (κ3) is 3.36. The predicted octanol–water partition coefficient (Wildman–Crippen LogP) is 3.74. The molecule has 0 aliphatic heterocycles. The average molecular weight is 272 g/mol. The van der Waals surface area contributed by atoms with Crippen molar-refractivity contribution in [3.8, 4) is 0 Å². The van der Waals surface area contributed by atoms with Gasteiger partial charge in [-0.2, -0.15) is 0 Å². The molecule has 106 valence electrons. The maximum Gasteiger partial charge on any atom is 0.146 e. The molecule has 2 aromatic carbocycles. The molecule has 0 fully saturated rings. The number of nitrogens with zero attached hydrogens (tertiary/aromatic N) is 1. The Morgan fingerprint density at radius 2 is 1.85 bits per heavy atom. The quantitative estimate of drug-likeness (QED) is 0.892. The molecule has 2 rings (SSSR count). The molecule has 0 radical (unpaired) electrons. The van der Waals surface area contributed by atoms with Gasteiger partial charge in [-0.25, -0.2) is 4.39 Å². The second-order valence-electron chi connectivity index (χ2n) is 5.06. The van der Waals surface area contributed by atoms with Gasteiger partial charge in [-0.3, -0.25) is 0 Å². The average Bonchev–Trinajstić information content (AvgIpc) is 2.47. The van der Waals surface area contributed by atoms with Gasteiger partial charge in [0.15, 0.2) is 0 Å². The van der Waals surface area contributed by atoms with E-state index in [0.717, 1.165) is 5.56 Å². The number of halogens is 1.